The normalized spacial score (nSPS) is 17.1. The maximum absolute atomic E-state index is 13.8. The Kier molecular flexibility index (Phi) is 7.58. The number of aromatic nitrogens is 1. The third-order valence-corrected chi connectivity index (χ3v) is 6.43. The van der Waals surface area contributed by atoms with Crippen molar-refractivity contribution >= 4 is 6.09 Å². The summed E-state index contributed by atoms with van der Waals surface area (Å²) in [4.78, 5) is 15.7. The third kappa shape index (κ3) is 6.60. The molecule has 38 heavy (non-hydrogen) atoms. The summed E-state index contributed by atoms with van der Waals surface area (Å²) >= 11 is 0. The molecular formula is C30H32FN3O4. The number of pyridine rings is 1. The van der Waals surface area contributed by atoms with Crippen LogP contribution in [0.3, 0.4) is 0 Å². The van der Waals surface area contributed by atoms with E-state index >= 15 is 0 Å². The van der Waals surface area contributed by atoms with E-state index in [2.05, 4.69) is 36.3 Å². The lowest BCUT2D eigenvalue weighted by atomic mass is 9.78. The maximum Gasteiger partial charge on any atom is 0.407 e. The van der Waals surface area contributed by atoms with Crippen LogP contribution in [0.4, 0.5) is 9.18 Å². The standard InChI is InChI=1S/C30H32FN3O4/c1-29(2,3)38-28(35)34-21-14-24(15-21)36-22-10-6-19(7-11-22)30(4,5)20-8-12-23(13-9-20)37-25-16-26(31)27(17-32)33-18-25/h6-13,16,18,21,24H,14-15H2,1-5H3,(H,34,35)/t21-,24-. The van der Waals surface area contributed by atoms with Crippen LogP contribution < -0.4 is 14.8 Å². The quantitative estimate of drug-likeness (QED) is 0.377. The van der Waals surface area contributed by atoms with Gasteiger partial charge in [0.15, 0.2) is 11.5 Å². The number of alkyl carbamates (subject to hydrolysis) is 1. The molecule has 2 aromatic carbocycles. The molecule has 0 spiro atoms. The molecule has 1 amide bonds. The van der Waals surface area contributed by atoms with Crippen molar-refractivity contribution in [1.29, 1.82) is 5.26 Å². The molecule has 0 radical (unpaired) electrons. The molecule has 0 atom stereocenters. The van der Waals surface area contributed by atoms with Crippen LogP contribution in [0, 0.1) is 17.1 Å². The van der Waals surface area contributed by atoms with Crippen molar-refractivity contribution < 1.29 is 23.4 Å². The number of carbonyl (C=O) groups is 1. The van der Waals surface area contributed by atoms with Crippen molar-refractivity contribution in [3.8, 4) is 23.3 Å². The molecule has 1 aromatic heterocycles. The van der Waals surface area contributed by atoms with E-state index < -0.39 is 17.5 Å². The van der Waals surface area contributed by atoms with Crippen LogP contribution >= 0.6 is 0 Å². The first-order valence-electron chi connectivity index (χ1n) is 12.5. The predicted molar refractivity (Wildman–Crippen MR) is 141 cm³/mol. The summed E-state index contributed by atoms with van der Waals surface area (Å²) in [6, 6.07) is 18.5. The van der Waals surface area contributed by atoms with Crippen molar-refractivity contribution in [2.24, 2.45) is 0 Å². The number of carbonyl (C=O) groups excluding carboxylic acids is 1. The lowest BCUT2D eigenvalue weighted by molar-refractivity contribution is 0.0363. The fraction of sp³-hybridized carbons (Fsp3) is 0.367. The number of nitrogens with zero attached hydrogens (tertiary/aromatic N) is 2. The minimum absolute atomic E-state index is 0.0566. The van der Waals surface area contributed by atoms with Gasteiger partial charge in [-0.05, 0) is 56.2 Å². The van der Waals surface area contributed by atoms with Gasteiger partial charge in [-0.15, -0.1) is 0 Å². The second-order valence-electron chi connectivity index (χ2n) is 10.9. The van der Waals surface area contributed by atoms with Crippen LogP contribution in [-0.2, 0) is 10.2 Å². The van der Waals surface area contributed by atoms with Gasteiger partial charge in [0.25, 0.3) is 0 Å². The maximum atomic E-state index is 13.8. The topological polar surface area (TPSA) is 93.5 Å². The monoisotopic (exact) mass is 517 g/mol. The predicted octanol–water partition coefficient (Wildman–Crippen LogP) is 6.65. The van der Waals surface area contributed by atoms with Crippen molar-refractivity contribution in [2.75, 3.05) is 0 Å². The van der Waals surface area contributed by atoms with E-state index in [1.54, 1.807) is 6.07 Å². The summed E-state index contributed by atoms with van der Waals surface area (Å²) in [6.07, 6.45) is 2.47. The molecule has 198 valence electrons. The second-order valence-corrected chi connectivity index (χ2v) is 10.9. The summed E-state index contributed by atoms with van der Waals surface area (Å²) in [5, 5.41) is 11.7. The zero-order chi connectivity index (χ0) is 27.5. The number of amides is 1. The Balaban J connectivity index is 1.31. The Morgan fingerprint density at radius 1 is 0.974 bits per heavy atom. The van der Waals surface area contributed by atoms with Crippen molar-refractivity contribution in [1.82, 2.24) is 10.3 Å². The van der Waals surface area contributed by atoms with E-state index in [1.165, 1.54) is 6.20 Å². The van der Waals surface area contributed by atoms with E-state index in [9.17, 15) is 9.18 Å². The first kappa shape index (κ1) is 26.9. The number of rotatable bonds is 7. The molecule has 1 aliphatic rings. The van der Waals surface area contributed by atoms with E-state index in [0.717, 1.165) is 35.8 Å². The number of hydrogen-bond donors (Lipinski definition) is 1. The van der Waals surface area contributed by atoms with E-state index in [-0.39, 0.29) is 29.0 Å². The molecule has 0 unspecified atom stereocenters. The zero-order valence-electron chi connectivity index (χ0n) is 22.2. The Hall–Kier alpha value is -4.12. The first-order valence-corrected chi connectivity index (χ1v) is 12.5. The van der Waals surface area contributed by atoms with E-state index in [1.807, 2.05) is 57.2 Å². The summed E-state index contributed by atoms with van der Waals surface area (Å²) in [5.41, 5.74) is 1.14. The molecule has 7 nitrogen and oxygen atoms in total. The van der Waals surface area contributed by atoms with E-state index in [0.29, 0.717) is 5.75 Å². The van der Waals surface area contributed by atoms with Crippen LogP contribution in [0.25, 0.3) is 0 Å². The minimum Gasteiger partial charge on any atom is -0.490 e. The van der Waals surface area contributed by atoms with Crippen LogP contribution in [-0.4, -0.2) is 28.8 Å². The highest BCUT2D eigenvalue weighted by Crippen LogP contribution is 2.35. The average Bonchev–Trinajstić information content (AvgIpc) is 2.82. The van der Waals surface area contributed by atoms with Gasteiger partial charge in [-0.3, -0.25) is 0 Å². The van der Waals surface area contributed by atoms with E-state index in [4.69, 9.17) is 19.5 Å². The number of ether oxygens (including phenoxy) is 3. The van der Waals surface area contributed by atoms with Crippen molar-refractivity contribution in [3.63, 3.8) is 0 Å². The Morgan fingerprint density at radius 2 is 1.55 bits per heavy atom. The number of benzene rings is 2. The summed E-state index contributed by atoms with van der Waals surface area (Å²) < 4.78 is 30.9. The molecule has 3 aromatic rings. The van der Waals surface area contributed by atoms with Crippen LogP contribution in [0.2, 0.25) is 0 Å². The van der Waals surface area contributed by atoms with Gasteiger partial charge < -0.3 is 19.5 Å². The molecule has 1 heterocycles. The Morgan fingerprint density at radius 3 is 2.08 bits per heavy atom. The van der Waals surface area contributed by atoms with Gasteiger partial charge in [-0.2, -0.15) is 5.26 Å². The summed E-state index contributed by atoms with van der Waals surface area (Å²) in [5.74, 6) is 0.837. The van der Waals surface area contributed by atoms with Gasteiger partial charge in [0.1, 0.15) is 35.0 Å². The van der Waals surface area contributed by atoms with Crippen LogP contribution in [0.5, 0.6) is 17.2 Å². The van der Waals surface area contributed by atoms with Crippen LogP contribution in [0.1, 0.15) is 64.3 Å². The highest BCUT2D eigenvalue weighted by atomic mass is 19.1. The number of halogens is 1. The number of nitriles is 1. The fourth-order valence-electron chi connectivity index (χ4n) is 4.20. The minimum atomic E-state index is -0.718. The van der Waals surface area contributed by atoms with Gasteiger partial charge >= 0.3 is 6.09 Å². The lowest BCUT2D eigenvalue weighted by Crippen LogP contribution is -2.50. The molecule has 8 heteroatoms. The molecule has 0 saturated heterocycles. The average molecular weight is 518 g/mol. The summed E-state index contributed by atoms with van der Waals surface area (Å²) in [6.45, 7) is 9.80. The van der Waals surface area contributed by atoms with Crippen molar-refractivity contribution in [2.45, 2.75) is 70.6 Å². The molecule has 1 fully saturated rings. The lowest BCUT2D eigenvalue weighted by Gasteiger charge is -2.36. The van der Waals surface area contributed by atoms with Gasteiger partial charge in [-0.25, -0.2) is 14.2 Å². The SMILES string of the molecule is CC(C)(C)OC(=O)N[C@H]1C[C@H](Oc2ccc(C(C)(C)c3ccc(Oc4cnc(C#N)c(F)c4)cc3)cc2)C1. The second kappa shape index (κ2) is 10.7. The smallest absolute Gasteiger partial charge is 0.407 e. The fourth-order valence-corrected chi connectivity index (χ4v) is 4.20. The number of hydrogen-bond acceptors (Lipinski definition) is 6. The number of nitrogens with one attached hydrogen (secondary N) is 1. The zero-order valence-corrected chi connectivity index (χ0v) is 22.2. The Bertz CT molecular complexity index is 1320. The molecule has 1 N–H and O–H groups in total. The third-order valence-electron chi connectivity index (χ3n) is 6.43. The van der Waals surface area contributed by atoms with Gasteiger partial charge in [0.05, 0.1) is 6.20 Å². The highest BCUT2D eigenvalue weighted by Gasteiger charge is 2.33. The Labute approximate surface area is 222 Å². The summed E-state index contributed by atoms with van der Waals surface area (Å²) in [7, 11) is 0. The molecule has 0 aliphatic heterocycles. The highest BCUT2D eigenvalue weighted by molar-refractivity contribution is 5.68. The van der Waals surface area contributed by atoms with Gasteiger partial charge in [0, 0.05) is 30.4 Å². The largest absolute Gasteiger partial charge is 0.490 e. The molecule has 1 saturated carbocycles. The molecule has 1 aliphatic carbocycles. The molecule has 4 rings (SSSR count). The van der Waals surface area contributed by atoms with Gasteiger partial charge in [-0.1, -0.05) is 38.1 Å². The van der Waals surface area contributed by atoms with Crippen molar-refractivity contribution in [3.05, 3.63) is 83.4 Å². The van der Waals surface area contributed by atoms with Crippen LogP contribution in [0.15, 0.2) is 60.8 Å². The van der Waals surface area contributed by atoms with Gasteiger partial charge in [0.2, 0.25) is 0 Å². The molecule has 0 bridgehead atoms. The first-order chi connectivity index (χ1) is 17.9. The molecular weight excluding hydrogens is 485 g/mol.